The number of hydrogen-bond donors (Lipinski definition) is 0. The van der Waals surface area contributed by atoms with Gasteiger partial charge in [0.05, 0.1) is 0 Å². The molecule has 1 heteroatoms. The van der Waals surface area contributed by atoms with E-state index in [1.165, 1.54) is 22.3 Å². The average Bonchev–Trinajstić information content (AvgIpc) is 2.35. The van der Waals surface area contributed by atoms with Gasteiger partial charge in [-0.1, -0.05) is 53.6 Å². The third kappa shape index (κ3) is 5.09. The van der Waals surface area contributed by atoms with Crippen LogP contribution in [0.15, 0.2) is 42.5 Å². The second-order valence-corrected chi connectivity index (χ2v) is 5.01. The van der Waals surface area contributed by atoms with Crippen LogP contribution in [0.2, 0.25) is 0 Å². The van der Waals surface area contributed by atoms with Gasteiger partial charge in [0.25, 0.3) is 0 Å². The smallest absolute Gasteiger partial charge is 0.159 e. The Morgan fingerprint density at radius 1 is 0.737 bits per heavy atom. The SMILES string of the molecule is CC(=O)c1ccc(C)cc1.Cc1ccc(C)c(C)c1. The monoisotopic (exact) mass is 254 g/mol. The van der Waals surface area contributed by atoms with Crippen molar-refractivity contribution in [2.45, 2.75) is 34.6 Å². The van der Waals surface area contributed by atoms with Crippen molar-refractivity contribution in [3.8, 4) is 0 Å². The summed E-state index contributed by atoms with van der Waals surface area (Å²) < 4.78 is 0. The molecule has 0 unspecified atom stereocenters. The third-order valence-electron chi connectivity index (χ3n) is 3.12. The molecule has 0 aliphatic heterocycles. The maximum absolute atomic E-state index is 10.8. The van der Waals surface area contributed by atoms with Gasteiger partial charge in [0, 0.05) is 5.56 Å². The van der Waals surface area contributed by atoms with Crippen LogP contribution >= 0.6 is 0 Å². The van der Waals surface area contributed by atoms with Crippen molar-refractivity contribution in [1.29, 1.82) is 0 Å². The lowest BCUT2D eigenvalue weighted by molar-refractivity contribution is 0.101. The number of aryl methyl sites for hydroxylation is 4. The second-order valence-electron chi connectivity index (χ2n) is 5.01. The van der Waals surface area contributed by atoms with Gasteiger partial charge in [0.1, 0.15) is 0 Å². The molecule has 0 saturated carbocycles. The fraction of sp³-hybridized carbons (Fsp3) is 0.278. The highest BCUT2D eigenvalue weighted by molar-refractivity contribution is 5.93. The van der Waals surface area contributed by atoms with Crippen LogP contribution in [0.3, 0.4) is 0 Å². The zero-order valence-corrected chi connectivity index (χ0v) is 12.4. The Kier molecular flexibility index (Phi) is 5.50. The Labute approximate surface area is 116 Å². The first-order valence-electron chi connectivity index (χ1n) is 6.51. The van der Waals surface area contributed by atoms with Crippen LogP contribution < -0.4 is 0 Å². The summed E-state index contributed by atoms with van der Waals surface area (Å²) in [6.07, 6.45) is 0. The molecule has 0 bridgehead atoms. The average molecular weight is 254 g/mol. The van der Waals surface area contributed by atoms with E-state index in [0.717, 1.165) is 5.56 Å². The Morgan fingerprint density at radius 2 is 1.26 bits per heavy atom. The Morgan fingerprint density at radius 3 is 1.68 bits per heavy atom. The van der Waals surface area contributed by atoms with E-state index in [2.05, 4.69) is 39.0 Å². The van der Waals surface area contributed by atoms with Crippen molar-refractivity contribution in [2.75, 3.05) is 0 Å². The minimum Gasteiger partial charge on any atom is -0.295 e. The van der Waals surface area contributed by atoms with Crippen molar-refractivity contribution >= 4 is 5.78 Å². The van der Waals surface area contributed by atoms with Gasteiger partial charge in [0.15, 0.2) is 5.78 Å². The molecule has 2 aromatic rings. The summed E-state index contributed by atoms with van der Waals surface area (Å²) in [5.41, 5.74) is 6.07. The van der Waals surface area contributed by atoms with E-state index in [9.17, 15) is 4.79 Å². The Bertz CT molecular complexity index is 550. The molecule has 2 aromatic carbocycles. The zero-order valence-electron chi connectivity index (χ0n) is 12.4. The van der Waals surface area contributed by atoms with E-state index in [4.69, 9.17) is 0 Å². The van der Waals surface area contributed by atoms with Gasteiger partial charge < -0.3 is 0 Å². The van der Waals surface area contributed by atoms with Gasteiger partial charge in [-0.05, 0) is 45.7 Å². The lowest BCUT2D eigenvalue weighted by Gasteiger charge is -1.98. The molecule has 0 atom stereocenters. The molecule has 0 aromatic heterocycles. The van der Waals surface area contributed by atoms with E-state index in [1.807, 2.05) is 31.2 Å². The molecule has 1 nitrogen and oxygen atoms in total. The summed E-state index contributed by atoms with van der Waals surface area (Å²) in [7, 11) is 0. The predicted octanol–water partition coefficient (Wildman–Crippen LogP) is 4.81. The molecule has 0 radical (unpaired) electrons. The van der Waals surface area contributed by atoms with Gasteiger partial charge in [-0.15, -0.1) is 0 Å². The summed E-state index contributed by atoms with van der Waals surface area (Å²) in [4.78, 5) is 10.8. The number of Topliss-reactive ketones (excluding diaryl/α,β-unsaturated/α-hetero) is 1. The van der Waals surface area contributed by atoms with Crippen molar-refractivity contribution in [2.24, 2.45) is 0 Å². The van der Waals surface area contributed by atoms with Gasteiger partial charge in [-0.3, -0.25) is 4.79 Å². The van der Waals surface area contributed by atoms with Gasteiger partial charge in [0.2, 0.25) is 0 Å². The van der Waals surface area contributed by atoms with E-state index >= 15 is 0 Å². The maximum atomic E-state index is 10.8. The minimum atomic E-state index is 0.125. The van der Waals surface area contributed by atoms with Crippen LogP contribution in [0, 0.1) is 27.7 Å². The van der Waals surface area contributed by atoms with E-state index in [0.29, 0.717) is 0 Å². The highest BCUT2D eigenvalue weighted by Gasteiger charge is 1.95. The highest BCUT2D eigenvalue weighted by atomic mass is 16.1. The number of carbonyl (C=O) groups excluding carboxylic acids is 1. The zero-order chi connectivity index (χ0) is 14.4. The molecule has 0 N–H and O–H groups in total. The standard InChI is InChI=1S/C9H10O.C9H12/c1-7-3-5-9(6-4-7)8(2)10;1-7-4-5-8(2)9(3)6-7/h3-6H,1-2H3;4-6H,1-3H3. The lowest BCUT2D eigenvalue weighted by Crippen LogP contribution is -1.90. The lowest BCUT2D eigenvalue weighted by atomic mass is 10.1. The molecule has 19 heavy (non-hydrogen) atoms. The molecule has 0 heterocycles. The van der Waals surface area contributed by atoms with Crippen LogP contribution in [0.25, 0.3) is 0 Å². The topological polar surface area (TPSA) is 17.1 Å². The second kappa shape index (κ2) is 6.89. The fourth-order valence-electron chi connectivity index (χ4n) is 1.68. The molecule has 100 valence electrons. The molecule has 0 spiro atoms. The minimum absolute atomic E-state index is 0.125. The molecular weight excluding hydrogens is 232 g/mol. The van der Waals surface area contributed by atoms with Crippen LogP contribution in [0.1, 0.15) is 39.5 Å². The molecule has 2 rings (SSSR count). The molecule has 0 aliphatic rings. The number of carbonyl (C=O) groups is 1. The maximum Gasteiger partial charge on any atom is 0.159 e. The number of rotatable bonds is 1. The van der Waals surface area contributed by atoms with E-state index < -0.39 is 0 Å². The van der Waals surface area contributed by atoms with Gasteiger partial charge >= 0.3 is 0 Å². The molecule has 0 fully saturated rings. The van der Waals surface area contributed by atoms with Crippen LogP contribution in [-0.2, 0) is 0 Å². The molecule has 0 aliphatic carbocycles. The number of ketones is 1. The normalized spacial score (nSPS) is 9.53. The first kappa shape index (κ1) is 15.2. The largest absolute Gasteiger partial charge is 0.295 e. The van der Waals surface area contributed by atoms with E-state index in [1.54, 1.807) is 6.92 Å². The summed E-state index contributed by atoms with van der Waals surface area (Å²) >= 11 is 0. The number of benzene rings is 2. The first-order chi connectivity index (χ1) is 8.90. The quantitative estimate of drug-likeness (QED) is 0.667. The molecule has 0 amide bonds. The van der Waals surface area contributed by atoms with Crippen molar-refractivity contribution in [3.63, 3.8) is 0 Å². The number of hydrogen-bond acceptors (Lipinski definition) is 1. The predicted molar refractivity (Wildman–Crippen MR) is 81.8 cm³/mol. The summed E-state index contributed by atoms with van der Waals surface area (Å²) in [6.45, 7) is 9.97. The summed E-state index contributed by atoms with van der Waals surface area (Å²) in [5, 5.41) is 0. The fourth-order valence-corrected chi connectivity index (χ4v) is 1.68. The van der Waals surface area contributed by atoms with Gasteiger partial charge in [-0.25, -0.2) is 0 Å². The first-order valence-corrected chi connectivity index (χ1v) is 6.51. The Hall–Kier alpha value is -1.89. The highest BCUT2D eigenvalue weighted by Crippen LogP contribution is 2.07. The van der Waals surface area contributed by atoms with Gasteiger partial charge in [-0.2, -0.15) is 0 Å². The third-order valence-corrected chi connectivity index (χ3v) is 3.12. The Balaban J connectivity index is 0.000000191. The molecular formula is C18H22O. The van der Waals surface area contributed by atoms with Crippen LogP contribution in [-0.4, -0.2) is 5.78 Å². The van der Waals surface area contributed by atoms with Crippen molar-refractivity contribution < 1.29 is 4.79 Å². The van der Waals surface area contributed by atoms with E-state index in [-0.39, 0.29) is 5.78 Å². The van der Waals surface area contributed by atoms with Crippen LogP contribution in [0.4, 0.5) is 0 Å². The van der Waals surface area contributed by atoms with Crippen molar-refractivity contribution in [3.05, 3.63) is 70.3 Å². The van der Waals surface area contributed by atoms with Crippen molar-refractivity contribution in [1.82, 2.24) is 0 Å². The summed E-state index contributed by atoms with van der Waals surface area (Å²) in [5.74, 6) is 0.125. The molecule has 0 saturated heterocycles. The van der Waals surface area contributed by atoms with Crippen LogP contribution in [0.5, 0.6) is 0 Å². The summed E-state index contributed by atoms with van der Waals surface area (Å²) in [6, 6.07) is 14.1.